The lowest BCUT2D eigenvalue weighted by Crippen LogP contribution is -2.20. The molecule has 1 rings (SSSR count). The van der Waals surface area contributed by atoms with Crippen LogP contribution in [0.3, 0.4) is 0 Å². The Morgan fingerprint density at radius 2 is 2.12 bits per heavy atom. The van der Waals surface area contributed by atoms with Crippen LogP contribution in [-0.4, -0.2) is 6.04 Å². The van der Waals surface area contributed by atoms with E-state index in [-0.39, 0.29) is 0 Å². The number of hydrogen-bond acceptors (Lipinski definition) is 1. The Balaban J connectivity index is 2.42. The van der Waals surface area contributed by atoms with Crippen LogP contribution in [0.4, 0.5) is 0 Å². The third-order valence-corrected chi connectivity index (χ3v) is 1.64. The number of allylic oxidation sites excluding steroid dienone is 1. The second kappa shape index (κ2) is 2.31. The van der Waals surface area contributed by atoms with Crippen LogP contribution in [0, 0.1) is 5.92 Å². The van der Waals surface area contributed by atoms with Gasteiger partial charge in [0, 0.05) is 6.04 Å². The molecule has 1 unspecified atom stereocenters. The van der Waals surface area contributed by atoms with E-state index in [9.17, 15) is 0 Å². The molecule has 0 heterocycles. The Morgan fingerprint density at radius 3 is 2.50 bits per heavy atom. The lowest BCUT2D eigenvalue weighted by molar-refractivity contribution is 0.542. The van der Waals surface area contributed by atoms with Crippen molar-refractivity contribution in [3.63, 3.8) is 0 Å². The highest BCUT2D eigenvalue weighted by molar-refractivity contribution is 4.98. The predicted octanol–water partition coefficient (Wildman–Crippen LogP) is 1.30. The lowest BCUT2D eigenvalue weighted by atomic mass is 9.95. The van der Waals surface area contributed by atoms with Gasteiger partial charge in [0.1, 0.15) is 0 Å². The molecule has 1 aliphatic rings. The van der Waals surface area contributed by atoms with Gasteiger partial charge in [-0.1, -0.05) is 19.1 Å². The van der Waals surface area contributed by atoms with Gasteiger partial charge in [-0.25, -0.2) is 0 Å². The van der Waals surface area contributed by atoms with Gasteiger partial charge in [0.2, 0.25) is 0 Å². The number of nitrogens with two attached hydrogens (primary N) is 1. The van der Waals surface area contributed by atoms with Gasteiger partial charge in [0.05, 0.1) is 0 Å². The van der Waals surface area contributed by atoms with E-state index < -0.39 is 0 Å². The Labute approximate surface area is 50.6 Å². The van der Waals surface area contributed by atoms with Crippen LogP contribution < -0.4 is 5.73 Å². The normalized spacial score (nSPS) is 37.8. The smallest absolute Gasteiger partial charge is 0.0223 e. The Kier molecular flexibility index (Phi) is 1.69. The highest BCUT2D eigenvalue weighted by Gasteiger charge is 2.06. The summed E-state index contributed by atoms with van der Waals surface area (Å²) >= 11 is 0. The maximum atomic E-state index is 5.61. The molecular weight excluding hydrogens is 98.1 g/mol. The van der Waals surface area contributed by atoms with Crippen molar-refractivity contribution in [3.8, 4) is 0 Å². The van der Waals surface area contributed by atoms with Crippen molar-refractivity contribution < 1.29 is 0 Å². The minimum absolute atomic E-state index is 0.339. The summed E-state index contributed by atoms with van der Waals surface area (Å²) in [6, 6.07) is 0.339. The van der Waals surface area contributed by atoms with Gasteiger partial charge in [-0.2, -0.15) is 0 Å². The van der Waals surface area contributed by atoms with Crippen molar-refractivity contribution in [1.82, 2.24) is 0 Å². The van der Waals surface area contributed by atoms with E-state index in [4.69, 9.17) is 5.73 Å². The molecule has 8 heavy (non-hydrogen) atoms. The zero-order valence-electron chi connectivity index (χ0n) is 5.30. The molecule has 0 aromatic carbocycles. The molecule has 0 aromatic heterocycles. The molecule has 0 amide bonds. The molecule has 2 atom stereocenters. The summed E-state index contributed by atoms with van der Waals surface area (Å²) in [7, 11) is 0. The second-order valence-electron chi connectivity index (χ2n) is 2.60. The average Bonchev–Trinajstić information content (AvgIpc) is 1.77. The molecule has 0 aliphatic heterocycles. The van der Waals surface area contributed by atoms with E-state index in [2.05, 4.69) is 19.1 Å². The largest absolute Gasteiger partial charge is 0.324 e. The second-order valence-corrected chi connectivity index (χ2v) is 2.60. The van der Waals surface area contributed by atoms with Crippen molar-refractivity contribution in [2.24, 2.45) is 11.7 Å². The third-order valence-electron chi connectivity index (χ3n) is 1.64. The van der Waals surface area contributed by atoms with Crippen LogP contribution in [0.2, 0.25) is 0 Å². The van der Waals surface area contributed by atoms with E-state index in [0.29, 0.717) is 6.04 Å². The molecule has 0 spiro atoms. The summed E-state index contributed by atoms with van der Waals surface area (Å²) < 4.78 is 0. The van der Waals surface area contributed by atoms with Crippen molar-refractivity contribution in [1.29, 1.82) is 0 Å². The first kappa shape index (κ1) is 5.83. The maximum absolute atomic E-state index is 5.61. The average molecular weight is 111 g/mol. The first-order valence-electron chi connectivity index (χ1n) is 3.23. The summed E-state index contributed by atoms with van der Waals surface area (Å²) in [6.45, 7) is 2.22. The minimum Gasteiger partial charge on any atom is -0.324 e. The molecule has 0 aromatic rings. The zero-order chi connectivity index (χ0) is 5.98. The SMILES string of the molecule is C[C@H]1C=CC(N)CC1. The quantitative estimate of drug-likeness (QED) is 0.468. The molecule has 46 valence electrons. The third kappa shape index (κ3) is 1.34. The fourth-order valence-electron chi connectivity index (χ4n) is 0.980. The fraction of sp³-hybridized carbons (Fsp3) is 0.714. The summed E-state index contributed by atoms with van der Waals surface area (Å²) in [5.74, 6) is 0.759. The molecule has 2 N–H and O–H groups in total. The van der Waals surface area contributed by atoms with Crippen LogP contribution >= 0.6 is 0 Å². The number of rotatable bonds is 0. The highest BCUT2D eigenvalue weighted by Crippen LogP contribution is 2.14. The molecule has 0 bridgehead atoms. The summed E-state index contributed by atoms with van der Waals surface area (Å²) in [5.41, 5.74) is 5.61. The van der Waals surface area contributed by atoms with E-state index in [1.54, 1.807) is 0 Å². The monoisotopic (exact) mass is 111 g/mol. The van der Waals surface area contributed by atoms with Crippen LogP contribution in [-0.2, 0) is 0 Å². The first-order valence-corrected chi connectivity index (χ1v) is 3.23. The molecule has 0 radical (unpaired) electrons. The molecule has 0 fully saturated rings. The Hall–Kier alpha value is -0.300. The first-order chi connectivity index (χ1) is 3.79. The van der Waals surface area contributed by atoms with Crippen LogP contribution in [0.5, 0.6) is 0 Å². The van der Waals surface area contributed by atoms with Crippen LogP contribution in [0.25, 0.3) is 0 Å². The molecule has 1 heteroatoms. The minimum atomic E-state index is 0.339. The van der Waals surface area contributed by atoms with Gasteiger partial charge in [-0.05, 0) is 18.8 Å². The van der Waals surface area contributed by atoms with E-state index in [1.807, 2.05) is 0 Å². The van der Waals surface area contributed by atoms with Gasteiger partial charge in [-0.15, -0.1) is 0 Å². The molecule has 1 nitrogen and oxygen atoms in total. The van der Waals surface area contributed by atoms with Gasteiger partial charge in [0.15, 0.2) is 0 Å². The molecule has 1 aliphatic carbocycles. The van der Waals surface area contributed by atoms with Crippen molar-refractivity contribution in [3.05, 3.63) is 12.2 Å². The van der Waals surface area contributed by atoms with Gasteiger partial charge in [0.25, 0.3) is 0 Å². The van der Waals surface area contributed by atoms with Crippen LogP contribution in [0.15, 0.2) is 12.2 Å². The van der Waals surface area contributed by atoms with E-state index in [1.165, 1.54) is 6.42 Å². The van der Waals surface area contributed by atoms with Gasteiger partial charge in [-0.3, -0.25) is 0 Å². The van der Waals surface area contributed by atoms with Gasteiger partial charge >= 0.3 is 0 Å². The van der Waals surface area contributed by atoms with Crippen molar-refractivity contribution >= 4 is 0 Å². The summed E-state index contributed by atoms with van der Waals surface area (Å²) in [4.78, 5) is 0. The molecule has 0 saturated carbocycles. The lowest BCUT2D eigenvalue weighted by Gasteiger charge is -2.15. The van der Waals surface area contributed by atoms with Gasteiger partial charge < -0.3 is 5.73 Å². The summed E-state index contributed by atoms with van der Waals surface area (Å²) in [5, 5.41) is 0. The fourth-order valence-corrected chi connectivity index (χ4v) is 0.980. The summed E-state index contributed by atoms with van der Waals surface area (Å²) in [6.07, 6.45) is 6.73. The topological polar surface area (TPSA) is 26.0 Å². The van der Waals surface area contributed by atoms with Crippen molar-refractivity contribution in [2.75, 3.05) is 0 Å². The van der Waals surface area contributed by atoms with Crippen LogP contribution in [0.1, 0.15) is 19.8 Å². The Morgan fingerprint density at radius 1 is 1.38 bits per heavy atom. The zero-order valence-corrected chi connectivity index (χ0v) is 5.30. The molecule has 0 saturated heterocycles. The standard InChI is InChI=1S/C7H13N/c1-6-2-4-7(8)5-3-6/h2,4,6-7H,3,5,8H2,1H3/t6-,7?/m0/s1. The maximum Gasteiger partial charge on any atom is 0.0223 e. The predicted molar refractivity (Wildman–Crippen MR) is 35.5 cm³/mol. The number of hydrogen-bond donors (Lipinski definition) is 1. The molecular formula is C7H13N. The van der Waals surface area contributed by atoms with E-state index >= 15 is 0 Å². The van der Waals surface area contributed by atoms with E-state index in [0.717, 1.165) is 12.3 Å². The Bertz CT molecular complexity index is 84.6. The highest BCUT2D eigenvalue weighted by atomic mass is 14.6. The van der Waals surface area contributed by atoms with Crippen molar-refractivity contribution in [2.45, 2.75) is 25.8 Å².